The number of benzene rings is 1. The normalized spacial score (nSPS) is 22.8. The summed E-state index contributed by atoms with van der Waals surface area (Å²) in [6.45, 7) is 9.69. The molecule has 6 nitrogen and oxygen atoms in total. The van der Waals surface area contributed by atoms with E-state index in [1.165, 1.54) is 0 Å². The van der Waals surface area contributed by atoms with E-state index in [4.69, 9.17) is 9.47 Å². The summed E-state index contributed by atoms with van der Waals surface area (Å²) >= 11 is 0. The highest BCUT2D eigenvalue weighted by Gasteiger charge is 2.33. The number of rotatable bonds is 6. The summed E-state index contributed by atoms with van der Waals surface area (Å²) in [4.78, 5) is 0.241. The van der Waals surface area contributed by atoms with Gasteiger partial charge in [0.1, 0.15) is 0 Å². The van der Waals surface area contributed by atoms with Crippen molar-refractivity contribution in [2.45, 2.75) is 44.7 Å². The molecule has 1 aromatic rings. The van der Waals surface area contributed by atoms with Gasteiger partial charge < -0.3 is 14.8 Å². The monoisotopic (exact) mass is 342 g/mol. The predicted molar refractivity (Wildman–Crippen MR) is 89.6 cm³/mol. The van der Waals surface area contributed by atoms with E-state index in [0.29, 0.717) is 37.8 Å². The Morgan fingerprint density at radius 1 is 1.17 bits per heavy atom. The molecule has 1 aliphatic rings. The van der Waals surface area contributed by atoms with Gasteiger partial charge in [-0.05, 0) is 39.8 Å². The zero-order valence-corrected chi connectivity index (χ0v) is 15.0. The van der Waals surface area contributed by atoms with Gasteiger partial charge in [-0.15, -0.1) is 0 Å². The zero-order chi connectivity index (χ0) is 17.0. The lowest BCUT2D eigenvalue weighted by atomic mass is 10.2. The van der Waals surface area contributed by atoms with Crippen LogP contribution in [-0.2, 0) is 10.0 Å². The summed E-state index contributed by atoms with van der Waals surface area (Å²) in [5.41, 5.74) is 0. The van der Waals surface area contributed by atoms with E-state index < -0.39 is 10.0 Å². The standard InChI is InChI=1S/C16H26N2O4S/c1-5-21-15-8-7-14(9-16(15)22-6-2)23(19,20)18-11-12(3)17-10-13(18)4/h7-9,12-13,17H,5-6,10-11H2,1-4H3. The Kier molecular flexibility index (Phi) is 5.89. The smallest absolute Gasteiger partial charge is 0.243 e. The molecule has 7 heteroatoms. The Morgan fingerprint density at radius 3 is 2.48 bits per heavy atom. The molecule has 130 valence electrons. The van der Waals surface area contributed by atoms with Gasteiger partial charge in [-0.1, -0.05) is 0 Å². The summed E-state index contributed by atoms with van der Waals surface area (Å²) in [5, 5.41) is 3.29. The average molecular weight is 342 g/mol. The van der Waals surface area contributed by atoms with Gasteiger partial charge in [0.15, 0.2) is 11.5 Å². The maximum atomic E-state index is 13.0. The predicted octanol–water partition coefficient (Wildman–Crippen LogP) is 1.85. The van der Waals surface area contributed by atoms with Crippen molar-refractivity contribution in [3.05, 3.63) is 18.2 Å². The molecule has 1 fully saturated rings. The molecule has 1 aromatic carbocycles. The van der Waals surface area contributed by atoms with Crippen molar-refractivity contribution in [3.8, 4) is 11.5 Å². The average Bonchev–Trinajstić information content (AvgIpc) is 2.51. The van der Waals surface area contributed by atoms with Crippen molar-refractivity contribution in [3.63, 3.8) is 0 Å². The van der Waals surface area contributed by atoms with Crippen LogP contribution < -0.4 is 14.8 Å². The molecule has 0 radical (unpaired) electrons. The largest absolute Gasteiger partial charge is 0.490 e. The van der Waals surface area contributed by atoms with Gasteiger partial charge in [-0.25, -0.2) is 8.42 Å². The highest BCUT2D eigenvalue weighted by Crippen LogP contribution is 2.32. The number of nitrogens with zero attached hydrogens (tertiary/aromatic N) is 1. The van der Waals surface area contributed by atoms with E-state index in [1.807, 2.05) is 27.7 Å². The SMILES string of the molecule is CCOc1ccc(S(=O)(=O)N2CC(C)NCC2C)cc1OCC. The minimum atomic E-state index is -3.56. The summed E-state index contributed by atoms with van der Waals surface area (Å²) in [6, 6.07) is 4.86. The third kappa shape index (κ3) is 3.97. The number of ether oxygens (including phenoxy) is 2. The number of sulfonamides is 1. The molecule has 1 saturated heterocycles. The fourth-order valence-corrected chi connectivity index (χ4v) is 4.39. The third-order valence-corrected chi connectivity index (χ3v) is 5.80. The van der Waals surface area contributed by atoms with Crippen LogP contribution in [0.25, 0.3) is 0 Å². The van der Waals surface area contributed by atoms with Crippen molar-refractivity contribution < 1.29 is 17.9 Å². The maximum absolute atomic E-state index is 13.0. The molecule has 0 amide bonds. The van der Waals surface area contributed by atoms with Crippen LogP contribution in [-0.4, -0.2) is 51.1 Å². The molecule has 0 aromatic heterocycles. The van der Waals surface area contributed by atoms with Gasteiger partial charge in [-0.3, -0.25) is 0 Å². The van der Waals surface area contributed by atoms with Crippen LogP contribution in [0.3, 0.4) is 0 Å². The lowest BCUT2D eigenvalue weighted by Gasteiger charge is -2.36. The highest BCUT2D eigenvalue weighted by atomic mass is 32.2. The molecule has 2 unspecified atom stereocenters. The lowest BCUT2D eigenvalue weighted by molar-refractivity contribution is 0.244. The molecule has 2 atom stereocenters. The quantitative estimate of drug-likeness (QED) is 0.855. The molecule has 0 bridgehead atoms. The van der Waals surface area contributed by atoms with Gasteiger partial charge in [0.2, 0.25) is 10.0 Å². The second-order valence-electron chi connectivity index (χ2n) is 5.71. The minimum Gasteiger partial charge on any atom is -0.490 e. The van der Waals surface area contributed by atoms with Crippen LogP contribution in [0.15, 0.2) is 23.1 Å². The first kappa shape index (κ1) is 18.0. The first-order valence-corrected chi connectivity index (χ1v) is 9.49. The molecule has 1 aliphatic heterocycles. The fourth-order valence-electron chi connectivity index (χ4n) is 2.65. The van der Waals surface area contributed by atoms with Crippen molar-refractivity contribution in [2.75, 3.05) is 26.3 Å². The third-order valence-electron chi connectivity index (χ3n) is 3.83. The molecular formula is C16H26N2O4S. The molecule has 1 N–H and O–H groups in total. The number of hydrogen-bond acceptors (Lipinski definition) is 5. The first-order chi connectivity index (χ1) is 10.9. The van der Waals surface area contributed by atoms with Crippen molar-refractivity contribution in [1.29, 1.82) is 0 Å². The molecule has 0 aliphatic carbocycles. The van der Waals surface area contributed by atoms with Gasteiger partial charge in [0.05, 0.1) is 18.1 Å². The van der Waals surface area contributed by atoms with E-state index in [2.05, 4.69) is 5.32 Å². The Labute approximate surface area is 138 Å². The molecular weight excluding hydrogens is 316 g/mol. The van der Waals surface area contributed by atoms with E-state index >= 15 is 0 Å². The maximum Gasteiger partial charge on any atom is 0.243 e. The minimum absolute atomic E-state index is 0.0849. The topological polar surface area (TPSA) is 67.9 Å². The second kappa shape index (κ2) is 7.51. The molecule has 23 heavy (non-hydrogen) atoms. The molecule has 2 rings (SSSR count). The van der Waals surface area contributed by atoms with Gasteiger partial charge in [-0.2, -0.15) is 4.31 Å². The Morgan fingerprint density at radius 2 is 1.83 bits per heavy atom. The van der Waals surface area contributed by atoms with E-state index in [1.54, 1.807) is 22.5 Å². The van der Waals surface area contributed by atoms with Gasteiger partial charge >= 0.3 is 0 Å². The molecule has 1 heterocycles. The Balaban J connectivity index is 2.37. The van der Waals surface area contributed by atoms with E-state index in [0.717, 1.165) is 0 Å². The fraction of sp³-hybridized carbons (Fsp3) is 0.625. The second-order valence-corrected chi connectivity index (χ2v) is 7.60. The number of nitrogens with one attached hydrogen (secondary N) is 1. The first-order valence-electron chi connectivity index (χ1n) is 8.05. The summed E-state index contributed by atoms with van der Waals surface area (Å²) < 4.78 is 38.5. The highest BCUT2D eigenvalue weighted by molar-refractivity contribution is 7.89. The van der Waals surface area contributed by atoms with E-state index in [-0.39, 0.29) is 17.0 Å². The van der Waals surface area contributed by atoms with Crippen molar-refractivity contribution in [2.24, 2.45) is 0 Å². The van der Waals surface area contributed by atoms with Gasteiger partial charge in [0, 0.05) is 31.2 Å². The van der Waals surface area contributed by atoms with Crippen molar-refractivity contribution in [1.82, 2.24) is 9.62 Å². The number of piperazine rings is 1. The summed E-state index contributed by atoms with van der Waals surface area (Å²) in [7, 11) is -3.56. The Hall–Kier alpha value is -1.31. The van der Waals surface area contributed by atoms with Gasteiger partial charge in [0.25, 0.3) is 0 Å². The number of hydrogen-bond donors (Lipinski definition) is 1. The lowest BCUT2D eigenvalue weighted by Crippen LogP contribution is -2.56. The van der Waals surface area contributed by atoms with E-state index in [9.17, 15) is 8.42 Å². The van der Waals surface area contributed by atoms with Crippen LogP contribution in [0.4, 0.5) is 0 Å². The van der Waals surface area contributed by atoms with Crippen LogP contribution in [0, 0.1) is 0 Å². The Bertz CT molecular complexity index is 633. The summed E-state index contributed by atoms with van der Waals surface area (Å²) in [5.74, 6) is 1.03. The zero-order valence-electron chi connectivity index (χ0n) is 14.2. The van der Waals surface area contributed by atoms with Crippen molar-refractivity contribution >= 4 is 10.0 Å². The molecule has 0 saturated carbocycles. The molecule has 0 spiro atoms. The van der Waals surface area contributed by atoms with Crippen LogP contribution in [0.5, 0.6) is 11.5 Å². The summed E-state index contributed by atoms with van der Waals surface area (Å²) in [6.07, 6.45) is 0. The van der Waals surface area contributed by atoms with Crippen LogP contribution >= 0.6 is 0 Å². The van der Waals surface area contributed by atoms with Crippen LogP contribution in [0.1, 0.15) is 27.7 Å². The van der Waals surface area contributed by atoms with Crippen LogP contribution in [0.2, 0.25) is 0 Å².